The average molecular weight is 403 g/mol. The number of aryl methyl sites for hydroxylation is 1. The van der Waals surface area contributed by atoms with Gasteiger partial charge in [-0.1, -0.05) is 6.07 Å². The fourth-order valence-corrected chi connectivity index (χ4v) is 3.09. The first-order chi connectivity index (χ1) is 14.4. The molecule has 0 saturated carbocycles. The van der Waals surface area contributed by atoms with Crippen molar-refractivity contribution < 1.29 is 19.1 Å². The second-order valence-corrected chi connectivity index (χ2v) is 7.18. The number of phenols is 1. The summed E-state index contributed by atoms with van der Waals surface area (Å²) in [6.07, 6.45) is 1.63. The van der Waals surface area contributed by atoms with E-state index in [4.69, 9.17) is 9.15 Å². The van der Waals surface area contributed by atoms with Gasteiger partial charge in [-0.15, -0.1) is 0 Å². The molecule has 7 heteroatoms. The summed E-state index contributed by atoms with van der Waals surface area (Å²) >= 11 is 0. The molecule has 0 saturated heterocycles. The Kier molecular flexibility index (Phi) is 5.10. The van der Waals surface area contributed by atoms with Crippen molar-refractivity contribution in [3.8, 4) is 23.0 Å². The number of aromatic hydroxyl groups is 1. The van der Waals surface area contributed by atoms with Gasteiger partial charge in [0.15, 0.2) is 11.2 Å². The van der Waals surface area contributed by atoms with Crippen LogP contribution in [0, 0.1) is 6.92 Å². The van der Waals surface area contributed by atoms with Crippen molar-refractivity contribution in [2.45, 2.75) is 26.9 Å². The van der Waals surface area contributed by atoms with Crippen LogP contribution in [-0.4, -0.2) is 27.1 Å². The SMILES string of the molecule is Cc1cc(NC(=O)c2cccc(OC(C)C)c2)cc(-c2nc3ncccc3o2)c1O. The predicted molar refractivity (Wildman–Crippen MR) is 114 cm³/mol. The van der Waals surface area contributed by atoms with Crippen molar-refractivity contribution in [2.75, 3.05) is 5.32 Å². The van der Waals surface area contributed by atoms with Gasteiger partial charge in [-0.25, -0.2) is 4.98 Å². The normalized spacial score (nSPS) is 11.1. The summed E-state index contributed by atoms with van der Waals surface area (Å²) in [6, 6.07) is 13.8. The van der Waals surface area contributed by atoms with Crippen molar-refractivity contribution >= 4 is 22.8 Å². The van der Waals surface area contributed by atoms with Gasteiger partial charge in [-0.3, -0.25) is 4.79 Å². The van der Waals surface area contributed by atoms with Crippen molar-refractivity contribution in [3.63, 3.8) is 0 Å². The van der Waals surface area contributed by atoms with E-state index >= 15 is 0 Å². The van der Waals surface area contributed by atoms with E-state index in [1.807, 2.05) is 13.8 Å². The molecule has 2 aromatic heterocycles. The molecule has 4 aromatic rings. The van der Waals surface area contributed by atoms with E-state index in [0.717, 1.165) is 0 Å². The standard InChI is InChI=1S/C23H21N3O4/c1-13(2)29-17-7-4-6-15(11-17)22(28)25-16-10-14(3)20(27)18(12-16)23-26-21-19(30-23)8-5-9-24-21/h4-13,27H,1-3H3,(H,25,28). The van der Waals surface area contributed by atoms with Gasteiger partial charge >= 0.3 is 0 Å². The minimum absolute atomic E-state index is 0.0106. The highest BCUT2D eigenvalue weighted by Crippen LogP contribution is 2.35. The number of anilines is 1. The van der Waals surface area contributed by atoms with Crippen LogP contribution in [0.15, 0.2) is 59.1 Å². The predicted octanol–water partition coefficient (Wildman–Crippen LogP) is 4.94. The highest BCUT2D eigenvalue weighted by molar-refractivity contribution is 6.05. The number of hydrogen-bond donors (Lipinski definition) is 2. The van der Waals surface area contributed by atoms with Crippen LogP contribution in [0.3, 0.4) is 0 Å². The molecule has 1 amide bonds. The Morgan fingerprint density at radius 1 is 1.17 bits per heavy atom. The third-order valence-corrected chi connectivity index (χ3v) is 4.42. The number of pyridine rings is 1. The quantitative estimate of drug-likeness (QED) is 0.458. The van der Waals surface area contributed by atoms with Gasteiger partial charge in [0, 0.05) is 17.4 Å². The molecule has 0 fully saturated rings. The van der Waals surface area contributed by atoms with Crippen LogP contribution in [0.25, 0.3) is 22.7 Å². The number of nitrogens with one attached hydrogen (secondary N) is 1. The van der Waals surface area contributed by atoms with E-state index in [1.54, 1.807) is 61.7 Å². The first-order valence-corrected chi connectivity index (χ1v) is 9.54. The number of aromatic nitrogens is 2. The summed E-state index contributed by atoms with van der Waals surface area (Å²) in [5, 5.41) is 13.4. The molecule has 4 rings (SSSR count). The minimum Gasteiger partial charge on any atom is -0.507 e. The van der Waals surface area contributed by atoms with Gasteiger partial charge in [0.05, 0.1) is 11.7 Å². The number of nitrogens with zero attached hydrogens (tertiary/aromatic N) is 2. The number of carbonyl (C=O) groups is 1. The van der Waals surface area contributed by atoms with Gasteiger partial charge in [-0.05, 0) is 68.8 Å². The Labute approximate surface area is 173 Å². The van der Waals surface area contributed by atoms with Crippen LogP contribution in [0.4, 0.5) is 5.69 Å². The Morgan fingerprint density at radius 3 is 2.77 bits per heavy atom. The lowest BCUT2D eigenvalue weighted by Gasteiger charge is -2.12. The zero-order valence-electron chi connectivity index (χ0n) is 16.8. The Hall–Kier alpha value is -3.87. The zero-order valence-corrected chi connectivity index (χ0v) is 16.8. The molecule has 0 atom stereocenters. The first kappa shape index (κ1) is 19.4. The molecular formula is C23H21N3O4. The van der Waals surface area contributed by atoms with E-state index in [9.17, 15) is 9.90 Å². The molecule has 2 aromatic carbocycles. The topological polar surface area (TPSA) is 97.5 Å². The first-order valence-electron chi connectivity index (χ1n) is 9.54. The van der Waals surface area contributed by atoms with Crippen LogP contribution in [0.5, 0.6) is 11.5 Å². The van der Waals surface area contributed by atoms with E-state index in [-0.39, 0.29) is 23.7 Å². The van der Waals surface area contributed by atoms with E-state index < -0.39 is 0 Å². The van der Waals surface area contributed by atoms with Gasteiger partial charge in [0.25, 0.3) is 5.91 Å². The maximum Gasteiger partial charge on any atom is 0.255 e. The van der Waals surface area contributed by atoms with E-state index in [1.165, 1.54) is 0 Å². The molecule has 2 heterocycles. The summed E-state index contributed by atoms with van der Waals surface area (Å²) in [5.41, 5.74) is 2.89. The molecule has 2 N–H and O–H groups in total. The average Bonchev–Trinajstić information content (AvgIpc) is 3.14. The Morgan fingerprint density at radius 2 is 2.00 bits per heavy atom. The fourth-order valence-electron chi connectivity index (χ4n) is 3.09. The maximum absolute atomic E-state index is 12.8. The summed E-state index contributed by atoms with van der Waals surface area (Å²) < 4.78 is 11.4. The monoisotopic (exact) mass is 403 g/mol. The van der Waals surface area contributed by atoms with Crippen molar-refractivity contribution in [1.29, 1.82) is 0 Å². The van der Waals surface area contributed by atoms with E-state index in [0.29, 0.717) is 39.4 Å². The van der Waals surface area contributed by atoms with E-state index in [2.05, 4.69) is 15.3 Å². The smallest absolute Gasteiger partial charge is 0.255 e. The summed E-state index contributed by atoms with van der Waals surface area (Å²) in [4.78, 5) is 21.2. The number of oxazole rings is 1. The molecule has 0 aliphatic heterocycles. The number of benzene rings is 2. The third kappa shape index (κ3) is 3.96. The number of amides is 1. The number of carbonyl (C=O) groups excluding carboxylic acids is 1. The van der Waals surface area contributed by atoms with Gasteiger partial charge in [0.1, 0.15) is 11.5 Å². The maximum atomic E-state index is 12.8. The van der Waals surface area contributed by atoms with Gasteiger partial charge in [0.2, 0.25) is 5.89 Å². The second kappa shape index (κ2) is 7.87. The highest BCUT2D eigenvalue weighted by atomic mass is 16.5. The molecule has 0 bridgehead atoms. The van der Waals surface area contributed by atoms with Crippen molar-refractivity contribution in [3.05, 3.63) is 65.9 Å². The second-order valence-electron chi connectivity index (χ2n) is 7.18. The molecule has 152 valence electrons. The fraction of sp³-hybridized carbons (Fsp3) is 0.174. The van der Waals surface area contributed by atoms with Crippen LogP contribution in [0.2, 0.25) is 0 Å². The minimum atomic E-state index is -0.292. The van der Waals surface area contributed by atoms with Crippen LogP contribution in [0.1, 0.15) is 29.8 Å². The van der Waals surface area contributed by atoms with Crippen molar-refractivity contribution in [1.82, 2.24) is 9.97 Å². The number of rotatable bonds is 5. The molecule has 0 spiro atoms. The zero-order chi connectivity index (χ0) is 21.3. The Bertz CT molecular complexity index is 1200. The van der Waals surface area contributed by atoms with Gasteiger partial charge < -0.3 is 19.6 Å². The lowest BCUT2D eigenvalue weighted by molar-refractivity contribution is 0.102. The summed E-state index contributed by atoms with van der Waals surface area (Å²) in [6.45, 7) is 5.59. The highest BCUT2D eigenvalue weighted by Gasteiger charge is 2.17. The van der Waals surface area contributed by atoms with Crippen LogP contribution < -0.4 is 10.1 Å². The largest absolute Gasteiger partial charge is 0.507 e. The number of ether oxygens (including phenoxy) is 1. The number of fused-ring (bicyclic) bond motifs is 1. The summed E-state index contributed by atoms with van der Waals surface area (Å²) in [5.74, 6) is 0.596. The molecule has 7 nitrogen and oxygen atoms in total. The molecule has 0 aliphatic carbocycles. The molecule has 0 radical (unpaired) electrons. The molecule has 0 unspecified atom stereocenters. The van der Waals surface area contributed by atoms with Gasteiger partial charge in [-0.2, -0.15) is 4.98 Å². The summed E-state index contributed by atoms with van der Waals surface area (Å²) in [7, 11) is 0. The van der Waals surface area contributed by atoms with Crippen LogP contribution in [-0.2, 0) is 0 Å². The number of hydrogen-bond acceptors (Lipinski definition) is 6. The lowest BCUT2D eigenvalue weighted by Crippen LogP contribution is -2.13. The number of phenolic OH excluding ortho intramolecular Hbond substituents is 1. The molecular weight excluding hydrogens is 382 g/mol. The molecule has 0 aliphatic rings. The lowest BCUT2D eigenvalue weighted by atomic mass is 10.1. The van der Waals surface area contributed by atoms with Crippen LogP contribution >= 0.6 is 0 Å². The molecule has 30 heavy (non-hydrogen) atoms. The third-order valence-electron chi connectivity index (χ3n) is 4.42. The van der Waals surface area contributed by atoms with Crippen molar-refractivity contribution in [2.24, 2.45) is 0 Å². The Balaban J connectivity index is 1.64.